The van der Waals surface area contributed by atoms with Crippen molar-refractivity contribution in [3.63, 3.8) is 0 Å². The SMILES string of the molecule is Cc1nn(C)c(C)c1C[C@@H](C)NC(=O)N[C@@H](C)c1cnn(Cc2ccccc2)c1. The van der Waals surface area contributed by atoms with Crippen molar-refractivity contribution in [2.24, 2.45) is 7.05 Å². The highest BCUT2D eigenvalue weighted by atomic mass is 16.2. The summed E-state index contributed by atoms with van der Waals surface area (Å²) in [5.74, 6) is 0. The quantitative estimate of drug-likeness (QED) is 0.646. The number of nitrogens with one attached hydrogen (secondary N) is 2. The van der Waals surface area contributed by atoms with Crippen molar-refractivity contribution >= 4 is 6.03 Å². The molecule has 0 spiro atoms. The summed E-state index contributed by atoms with van der Waals surface area (Å²) in [5.41, 5.74) is 5.50. The normalized spacial score (nSPS) is 13.1. The molecule has 154 valence electrons. The van der Waals surface area contributed by atoms with E-state index in [4.69, 9.17) is 0 Å². The van der Waals surface area contributed by atoms with Crippen molar-refractivity contribution < 1.29 is 4.79 Å². The first-order chi connectivity index (χ1) is 13.8. The maximum atomic E-state index is 12.4. The highest BCUT2D eigenvalue weighted by Crippen LogP contribution is 2.15. The van der Waals surface area contributed by atoms with E-state index in [1.54, 1.807) is 6.20 Å². The van der Waals surface area contributed by atoms with Gasteiger partial charge in [0.05, 0.1) is 24.5 Å². The lowest BCUT2D eigenvalue weighted by Crippen LogP contribution is -2.42. The average Bonchev–Trinajstić information content (AvgIpc) is 3.23. The van der Waals surface area contributed by atoms with E-state index >= 15 is 0 Å². The molecule has 2 N–H and O–H groups in total. The highest BCUT2D eigenvalue weighted by Gasteiger charge is 2.16. The summed E-state index contributed by atoms with van der Waals surface area (Å²) in [5, 5.41) is 14.9. The van der Waals surface area contributed by atoms with Crippen LogP contribution in [0.2, 0.25) is 0 Å². The third kappa shape index (κ3) is 5.25. The predicted octanol–water partition coefficient (Wildman–Crippen LogP) is 3.27. The summed E-state index contributed by atoms with van der Waals surface area (Å²) >= 11 is 0. The van der Waals surface area contributed by atoms with E-state index < -0.39 is 0 Å². The lowest BCUT2D eigenvalue weighted by molar-refractivity contribution is 0.234. The Morgan fingerprint density at radius 2 is 1.86 bits per heavy atom. The zero-order valence-corrected chi connectivity index (χ0v) is 17.8. The minimum absolute atomic E-state index is 0.00426. The molecule has 0 aliphatic rings. The van der Waals surface area contributed by atoms with Crippen molar-refractivity contribution in [2.45, 2.75) is 52.7 Å². The van der Waals surface area contributed by atoms with Crippen LogP contribution in [-0.4, -0.2) is 31.6 Å². The summed E-state index contributed by atoms with van der Waals surface area (Å²) in [7, 11) is 1.94. The van der Waals surface area contributed by atoms with Crippen LogP contribution in [0.3, 0.4) is 0 Å². The van der Waals surface area contributed by atoms with Crippen molar-refractivity contribution in [3.8, 4) is 0 Å². The predicted molar refractivity (Wildman–Crippen MR) is 114 cm³/mol. The van der Waals surface area contributed by atoms with Crippen LogP contribution in [-0.2, 0) is 20.0 Å². The summed E-state index contributed by atoms with van der Waals surface area (Å²) < 4.78 is 3.77. The second-order valence-electron chi connectivity index (χ2n) is 7.67. The van der Waals surface area contributed by atoms with E-state index in [2.05, 4.69) is 39.9 Å². The summed E-state index contributed by atoms with van der Waals surface area (Å²) in [6.07, 6.45) is 4.53. The average molecular weight is 395 g/mol. The van der Waals surface area contributed by atoms with E-state index in [1.807, 2.05) is 61.6 Å². The van der Waals surface area contributed by atoms with Gasteiger partial charge in [-0.2, -0.15) is 10.2 Å². The molecule has 2 amide bonds. The fraction of sp³-hybridized carbons (Fsp3) is 0.409. The second-order valence-corrected chi connectivity index (χ2v) is 7.67. The van der Waals surface area contributed by atoms with Gasteiger partial charge in [-0.3, -0.25) is 9.36 Å². The molecule has 2 aromatic heterocycles. The van der Waals surface area contributed by atoms with Gasteiger partial charge < -0.3 is 10.6 Å². The fourth-order valence-corrected chi connectivity index (χ4v) is 3.48. The topological polar surface area (TPSA) is 76.8 Å². The molecule has 3 aromatic rings. The van der Waals surface area contributed by atoms with Gasteiger partial charge in [-0.05, 0) is 45.2 Å². The Morgan fingerprint density at radius 1 is 1.14 bits per heavy atom. The maximum Gasteiger partial charge on any atom is 0.315 e. The van der Waals surface area contributed by atoms with E-state index in [0.717, 1.165) is 23.4 Å². The zero-order chi connectivity index (χ0) is 21.0. The Bertz CT molecular complexity index is 959. The van der Waals surface area contributed by atoms with Gasteiger partial charge in [0.25, 0.3) is 0 Å². The minimum Gasteiger partial charge on any atom is -0.335 e. The molecule has 0 saturated heterocycles. The molecule has 29 heavy (non-hydrogen) atoms. The number of nitrogens with zero attached hydrogens (tertiary/aromatic N) is 4. The van der Waals surface area contributed by atoms with Gasteiger partial charge in [-0.25, -0.2) is 4.79 Å². The summed E-state index contributed by atoms with van der Waals surface area (Å²) in [4.78, 5) is 12.4. The van der Waals surface area contributed by atoms with Gasteiger partial charge in [0.2, 0.25) is 0 Å². The lowest BCUT2D eigenvalue weighted by Gasteiger charge is -2.18. The standard InChI is InChI=1S/C22H30N6O/c1-15(11-21-17(3)26-27(5)18(21)4)24-22(29)25-16(2)20-12-23-28(14-20)13-19-9-7-6-8-10-19/h6-10,12,14-16H,11,13H2,1-5H3,(H2,24,25,29)/t15-,16+/m1/s1. The molecular formula is C22H30N6O. The molecule has 0 bridgehead atoms. The molecule has 0 aliphatic heterocycles. The molecule has 0 radical (unpaired) electrons. The van der Waals surface area contributed by atoms with Crippen LogP contribution in [0, 0.1) is 13.8 Å². The van der Waals surface area contributed by atoms with Crippen molar-refractivity contribution in [1.29, 1.82) is 0 Å². The second kappa shape index (κ2) is 8.94. The Kier molecular flexibility index (Phi) is 6.36. The molecule has 0 aliphatic carbocycles. The molecular weight excluding hydrogens is 364 g/mol. The Hall–Kier alpha value is -3.09. The van der Waals surface area contributed by atoms with Crippen LogP contribution in [0.1, 0.15) is 48.0 Å². The number of urea groups is 1. The number of carbonyl (C=O) groups excluding carboxylic acids is 1. The van der Waals surface area contributed by atoms with Crippen molar-refractivity contribution in [2.75, 3.05) is 0 Å². The van der Waals surface area contributed by atoms with E-state index in [-0.39, 0.29) is 18.1 Å². The number of aromatic nitrogens is 4. The van der Waals surface area contributed by atoms with Gasteiger partial charge in [-0.15, -0.1) is 0 Å². The zero-order valence-electron chi connectivity index (χ0n) is 17.8. The molecule has 2 heterocycles. The third-order valence-corrected chi connectivity index (χ3v) is 5.23. The lowest BCUT2D eigenvalue weighted by atomic mass is 10.1. The van der Waals surface area contributed by atoms with Crippen LogP contribution < -0.4 is 10.6 Å². The number of benzene rings is 1. The monoisotopic (exact) mass is 394 g/mol. The first kappa shape index (κ1) is 20.6. The van der Waals surface area contributed by atoms with Gasteiger partial charge in [0.1, 0.15) is 0 Å². The number of rotatable bonds is 7. The molecule has 1 aromatic carbocycles. The number of hydrogen-bond acceptors (Lipinski definition) is 3. The maximum absolute atomic E-state index is 12.4. The fourth-order valence-electron chi connectivity index (χ4n) is 3.48. The number of carbonyl (C=O) groups is 1. The Balaban J connectivity index is 1.52. The van der Waals surface area contributed by atoms with Crippen LogP contribution >= 0.6 is 0 Å². The molecule has 3 rings (SSSR count). The Labute approximate surface area is 172 Å². The van der Waals surface area contributed by atoms with E-state index in [1.165, 1.54) is 11.1 Å². The molecule has 7 heteroatoms. The minimum atomic E-state index is -0.181. The highest BCUT2D eigenvalue weighted by molar-refractivity contribution is 5.74. The van der Waals surface area contributed by atoms with Gasteiger partial charge in [-0.1, -0.05) is 30.3 Å². The van der Waals surface area contributed by atoms with Gasteiger partial charge in [0.15, 0.2) is 0 Å². The smallest absolute Gasteiger partial charge is 0.315 e. The van der Waals surface area contributed by atoms with Crippen molar-refractivity contribution in [1.82, 2.24) is 30.2 Å². The van der Waals surface area contributed by atoms with Crippen LogP contribution in [0.15, 0.2) is 42.7 Å². The van der Waals surface area contributed by atoms with Crippen LogP contribution in [0.25, 0.3) is 0 Å². The molecule has 0 saturated carbocycles. The van der Waals surface area contributed by atoms with E-state index in [9.17, 15) is 4.79 Å². The van der Waals surface area contributed by atoms with Crippen LogP contribution in [0.4, 0.5) is 4.79 Å². The largest absolute Gasteiger partial charge is 0.335 e. The van der Waals surface area contributed by atoms with E-state index in [0.29, 0.717) is 6.54 Å². The molecule has 0 unspecified atom stereocenters. The number of aryl methyl sites for hydroxylation is 2. The molecule has 0 fully saturated rings. The van der Waals surface area contributed by atoms with Crippen molar-refractivity contribution in [3.05, 3.63) is 70.8 Å². The summed E-state index contributed by atoms with van der Waals surface area (Å²) in [6, 6.07) is 9.87. The molecule has 7 nitrogen and oxygen atoms in total. The number of amides is 2. The van der Waals surface area contributed by atoms with Crippen LogP contribution in [0.5, 0.6) is 0 Å². The van der Waals surface area contributed by atoms with Gasteiger partial charge >= 0.3 is 6.03 Å². The molecule has 2 atom stereocenters. The summed E-state index contributed by atoms with van der Waals surface area (Å²) in [6.45, 7) is 8.74. The van der Waals surface area contributed by atoms with Gasteiger partial charge in [0, 0.05) is 30.5 Å². The first-order valence-corrected chi connectivity index (χ1v) is 9.96. The number of hydrogen-bond donors (Lipinski definition) is 2. The first-order valence-electron chi connectivity index (χ1n) is 9.96. The third-order valence-electron chi connectivity index (χ3n) is 5.23. The Morgan fingerprint density at radius 3 is 2.52 bits per heavy atom.